The van der Waals surface area contributed by atoms with Crippen LogP contribution < -0.4 is 11.4 Å². The lowest BCUT2D eigenvalue weighted by Crippen LogP contribution is -2.15. The number of nitrogens with zero attached hydrogens (tertiary/aromatic N) is 2. The largest absolute Gasteiger partial charge is 0.382 e. The van der Waals surface area contributed by atoms with E-state index in [1.807, 2.05) is 0 Å². The summed E-state index contributed by atoms with van der Waals surface area (Å²) in [4.78, 5) is 13.7. The van der Waals surface area contributed by atoms with Crippen molar-refractivity contribution >= 4 is 5.82 Å². The molecule has 0 fully saturated rings. The summed E-state index contributed by atoms with van der Waals surface area (Å²) in [5.74, 6) is 0.179. The fourth-order valence-corrected chi connectivity index (χ4v) is 0.404. The average molecular weight is 126 g/mol. The summed E-state index contributed by atoms with van der Waals surface area (Å²) in [6.45, 7) is 1.66. The lowest BCUT2D eigenvalue weighted by atomic mass is 10.5. The van der Waals surface area contributed by atoms with E-state index in [2.05, 4.69) is 15.2 Å². The third kappa shape index (κ3) is 1.04. The zero-order valence-corrected chi connectivity index (χ0v) is 4.88. The third-order valence-electron chi connectivity index (χ3n) is 0.912. The van der Waals surface area contributed by atoms with Crippen molar-refractivity contribution in [1.29, 1.82) is 0 Å². The van der Waals surface area contributed by atoms with Crippen LogP contribution >= 0.6 is 0 Å². The summed E-state index contributed by atoms with van der Waals surface area (Å²) in [6.07, 6.45) is 0. The zero-order chi connectivity index (χ0) is 6.85. The summed E-state index contributed by atoms with van der Waals surface area (Å²) < 4.78 is 0. The fourth-order valence-electron chi connectivity index (χ4n) is 0.404. The second-order valence-corrected chi connectivity index (χ2v) is 1.61. The molecule has 0 amide bonds. The molecular weight excluding hydrogens is 120 g/mol. The summed E-state index contributed by atoms with van der Waals surface area (Å²) >= 11 is 0. The Morgan fingerprint density at radius 2 is 2.33 bits per heavy atom. The molecule has 1 heterocycles. The minimum absolute atomic E-state index is 0.179. The molecule has 0 aliphatic carbocycles. The van der Waals surface area contributed by atoms with Gasteiger partial charge in [-0.15, -0.1) is 0 Å². The minimum Gasteiger partial charge on any atom is -0.382 e. The van der Waals surface area contributed by atoms with Crippen molar-refractivity contribution in [3.63, 3.8) is 0 Å². The van der Waals surface area contributed by atoms with Crippen LogP contribution in [0.2, 0.25) is 0 Å². The predicted octanol–water partition coefficient (Wildman–Crippen LogP) is -0.944. The number of hydrogen-bond acceptors (Lipinski definition) is 4. The number of rotatable bonds is 0. The Morgan fingerprint density at radius 1 is 1.67 bits per heavy atom. The molecule has 48 valence electrons. The van der Waals surface area contributed by atoms with Crippen LogP contribution in [0.3, 0.4) is 0 Å². The number of aryl methyl sites for hydroxylation is 1. The molecule has 0 radical (unpaired) electrons. The van der Waals surface area contributed by atoms with E-state index in [-0.39, 0.29) is 5.82 Å². The highest BCUT2D eigenvalue weighted by molar-refractivity contribution is 5.29. The van der Waals surface area contributed by atoms with Crippen molar-refractivity contribution in [3.05, 3.63) is 16.2 Å². The van der Waals surface area contributed by atoms with Gasteiger partial charge in [0.1, 0.15) is 0 Å². The number of nitrogens with two attached hydrogens (primary N) is 1. The fraction of sp³-hybridized carbons (Fsp3) is 0.250. The van der Waals surface area contributed by atoms with E-state index in [1.165, 1.54) is 0 Å². The topological polar surface area (TPSA) is 84.7 Å². The monoisotopic (exact) mass is 126 g/mol. The van der Waals surface area contributed by atoms with E-state index in [0.717, 1.165) is 0 Å². The van der Waals surface area contributed by atoms with Gasteiger partial charge in [0, 0.05) is 0 Å². The standard InChI is InChI=1S/C4H6N4O/c1-2-3(5)6-4(9)8-7-2/h1H3,(H3,5,6,8,9). The van der Waals surface area contributed by atoms with Crippen molar-refractivity contribution in [1.82, 2.24) is 15.2 Å². The van der Waals surface area contributed by atoms with E-state index in [1.54, 1.807) is 6.92 Å². The molecule has 1 aromatic heterocycles. The smallest absolute Gasteiger partial charge is 0.363 e. The normalized spacial score (nSPS) is 9.44. The highest BCUT2D eigenvalue weighted by Crippen LogP contribution is 1.93. The van der Waals surface area contributed by atoms with E-state index >= 15 is 0 Å². The van der Waals surface area contributed by atoms with E-state index in [0.29, 0.717) is 5.69 Å². The summed E-state index contributed by atoms with van der Waals surface area (Å²) in [5, 5.41) is 5.70. The molecule has 3 N–H and O–H groups in total. The molecule has 0 saturated heterocycles. The maximum absolute atomic E-state index is 10.3. The highest BCUT2D eigenvalue weighted by Gasteiger charge is 1.93. The summed E-state index contributed by atoms with van der Waals surface area (Å²) in [5.41, 5.74) is 5.25. The van der Waals surface area contributed by atoms with Gasteiger partial charge in [0.05, 0.1) is 5.69 Å². The molecule has 1 rings (SSSR count). The molecular formula is C4H6N4O. The Bertz CT molecular complexity index is 266. The van der Waals surface area contributed by atoms with E-state index in [4.69, 9.17) is 5.73 Å². The van der Waals surface area contributed by atoms with Crippen LogP contribution in [-0.2, 0) is 0 Å². The van der Waals surface area contributed by atoms with Crippen LogP contribution in [0.4, 0.5) is 5.82 Å². The molecule has 5 heteroatoms. The molecule has 9 heavy (non-hydrogen) atoms. The van der Waals surface area contributed by atoms with Gasteiger partial charge in [0.25, 0.3) is 0 Å². The molecule has 0 aliphatic rings. The first kappa shape index (κ1) is 5.74. The van der Waals surface area contributed by atoms with Crippen molar-refractivity contribution in [2.45, 2.75) is 6.92 Å². The number of nitrogens with one attached hydrogen (secondary N) is 1. The van der Waals surface area contributed by atoms with Crippen molar-refractivity contribution in [3.8, 4) is 0 Å². The van der Waals surface area contributed by atoms with Crippen molar-refractivity contribution < 1.29 is 0 Å². The van der Waals surface area contributed by atoms with Crippen LogP contribution in [0.1, 0.15) is 5.69 Å². The Kier molecular flexibility index (Phi) is 1.18. The minimum atomic E-state index is -0.516. The second kappa shape index (κ2) is 1.85. The first-order chi connectivity index (χ1) is 4.20. The van der Waals surface area contributed by atoms with Crippen molar-refractivity contribution in [2.75, 3.05) is 5.73 Å². The van der Waals surface area contributed by atoms with Gasteiger partial charge in [-0.3, -0.25) is 0 Å². The van der Waals surface area contributed by atoms with Gasteiger partial charge in [-0.2, -0.15) is 10.1 Å². The molecule has 0 spiro atoms. The zero-order valence-electron chi connectivity index (χ0n) is 4.88. The maximum atomic E-state index is 10.3. The maximum Gasteiger partial charge on any atom is 0.363 e. The Hall–Kier alpha value is -1.39. The highest BCUT2D eigenvalue weighted by atomic mass is 16.1. The number of anilines is 1. The SMILES string of the molecule is Cc1n[nH]c(=O)nc1N. The molecule has 0 bridgehead atoms. The first-order valence-electron chi connectivity index (χ1n) is 2.39. The molecule has 0 aliphatic heterocycles. The van der Waals surface area contributed by atoms with Gasteiger partial charge >= 0.3 is 5.69 Å². The van der Waals surface area contributed by atoms with Crippen LogP contribution in [0.5, 0.6) is 0 Å². The van der Waals surface area contributed by atoms with Gasteiger partial charge in [-0.1, -0.05) is 0 Å². The van der Waals surface area contributed by atoms with Gasteiger partial charge in [-0.05, 0) is 6.92 Å². The number of nitrogen functional groups attached to an aromatic ring is 1. The second-order valence-electron chi connectivity index (χ2n) is 1.61. The predicted molar refractivity (Wildman–Crippen MR) is 31.8 cm³/mol. The summed E-state index contributed by atoms with van der Waals surface area (Å²) in [6, 6.07) is 0. The lowest BCUT2D eigenvalue weighted by molar-refractivity contribution is 0.887. The van der Waals surface area contributed by atoms with E-state index in [9.17, 15) is 4.79 Å². The Labute approximate surface area is 50.9 Å². The molecule has 0 saturated carbocycles. The number of hydrogen-bond donors (Lipinski definition) is 2. The van der Waals surface area contributed by atoms with Gasteiger partial charge in [-0.25, -0.2) is 9.89 Å². The molecule has 5 nitrogen and oxygen atoms in total. The van der Waals surface area contributed by atoms with Gasteiger partial charge < -0.3 is 5.73 Å². The Morgan fingerprint density at radius 3 is 2.78 bits per heavy atom. The quantitative estimate of drug-likeness (QED) is 0.469. The number of H-pyrrole nitrogens is 1. The number of aromatic nitrogens is 3. The Balaban J connectivity index is 3.34. The first-order valence-corrected chi connectivity index (χ1v) is 2.39. The van der Waals surface area contributed by atoms with Crippen LogP contribution in [0.25, 0.3) is 0 Å². The third-order valence-corrected chi connectivity index (χ3v) is 0.912. The number of aromatic amines is 1. The molecule has 0 atom stereocenters. The lowest BCUT2D eigenvalue weighted by Gasteiger charge is -1.91. The summed E-state index contributed by atoms with van der Waals surface area (Å²) in [7, 11) is 0. The van der Waals surface area contributed by atoms with Crippen molar-refractivity contribution in [2.24, 2.45) is 0 Å². The molecule has 0 aromatic carbocycles. The van der Waals surface area contributed by atoms with Crippen LogP contribution in [-0.4, -0.2) is 15.2 Å². The van der Waals surface area contributed by atoms with Gasteiger partial charge in [0.2, 0.25) is 0 Å². The molecule has 1 aromatic rings. The van der Waals surface area contributed by atoms with Gasteiger partial charge in [0.15, 0.2) is 5.82 Å². The van der Waals surface area contributed by atoms with E-state index < -0.39 is 5.69 Å². The molecule has 0 unspecified atom stereocenters. The van der Waals surface area contributed by atoms with Crippen LogP contribution in [0, 0.1) is 6.92 Å². The average Bonchev–Trinajstić information content (AvgIpc) is 1.80. The van der Waals surface area contributed by atoms with Crippen LogP contribution in [0.15, 0.2) is 4.79 Å².